The number of aliphatic imine (C=N–C) groups is 2. The Morgan fingerprint density at radius 3 is 2.46 bits per heavy atom. The number of hydrogen-bond acceptors (Lipinski definition) is 5. The minimum atomic E-state index is -0.276. The van der Waals surface area contributed by atoms with Gasteiger partial charge in [-0.1, -0.05) is 13.8 Å². The molecule has 1 saturated carbocycles. The lowest BCUT2D eigenvalue weighted by atomic mass is 9.75. The van der Waals surface area contributed by atoms with Crippen LogP contribution < -0.4 is 4.74 Å². The Morgan fingerprint density at radius 2 is 1.83 bits per heavy atom. The molecule has 0 heterocycles. The van der Waals surface area contributed by atoms with Gasteiger partial charge in [0.2, 0.25) is 0 Å². The Labute approximate surface area is 143 Å². The fourth-order valence-corrected chi connectivity index (χ4v) is 2.94. The Kier molecular flexibility index (Phi) is 6.12. The number of ether oxygens (including phenoxy) is 2. The van der Waals surface area contributed by atoms with Crippen LogP contribution in [0.3, 0.4) is 0 Å². The van der Waals surface area contributed by atoms with E-state index in [1.54, 1.807) is 14.0 Å². The molecule has 24 heavy (non-hydrogen) atoms. The third-order valence-electron chi connectivity index (χ3n) is 3.87. The molecule has 0 amide bonds. The van der Waals surface area contributed by atoms with Gasteiger partial charge in [0.05, 0.1) is 19.4 Å². The van der Waals surface area contributed by atoms with Gasteiger partial charge in [0, 0.05) is 17.8 Å². The maximum Gasteiger partial charge on any atom is 0.327 e. The molecule has 0 aromatic heterocycles. The predicted octanol–water partition coefficient (Wildman–Crippen LogP) is 3.98. The molecule has 5 nitrogen and oxygen atoms in total. The molecule has 1 aliphatic carbocycles. The highest BCUT2D eigenvalue weighted by molar-refractivity contribution is 6.08. The Balaban J connectivity index is 2.13. The summed E-state index contributed by atoms with van der Waals surface area (Å²) < 4.78 is 10.1. The molecule has 1 aromatic carbocycles. The molecular formula is C19H26N2O3. The van der Waals surface area contributed by atoms with Crippen molar-refractivity contribution in [1.82, 2.24) is 0 Å². The number of rotatable bonds is 5. The molecule has 2 rings (SSSR count). The van der Waals surface area contributed by atoms with E-state index in [-0.39, 0.29) is 17.9 Å². The number of carbonyl (C=O) groups excluding carboxylic acids is 1. The smallest absolute Gasteiger partial charge is 0.327 e. The summed E-state index contributed by atoms with van der Waals surface area (Å²) in [5.41, 5.74) is 3.12. The summed E-state index contributed by atoms with van der Waals surface area (Å²) in [6.45, 7) is 6.69. The zero-order chi connectivity index (χ0) is 17.6. The van der Waals surface area contributed by atoms with Crippen LogP contribution in [0.15, 0.2) is 34.3 Å². The standard InChI is InChI=1S/C19H26N2O3/c1-5-24-18(22)13-20-15-10-16(12-19(2,3)11-15)21-14-6-8-17(23-4)9-7-14/h6-9H,5,10-13H2,1-4H3. The van der Waals surface area contributed by atoms with Crippen molar-refractivity contribution in [3.8, 4) is 5.75 Å². The van der Waals surface area contributed by atoms with Gasteiger partial charge >= 0.3 is 5.97 Å². The third-order valence-corrected chi connectivity index (χ3v) is 3.87. The van der Waals surface area contributed by atoms with Gasteiger partial charge in [-0.2, -0.15) is 0 Å². The topological polar surface area (TPSA) is 60.2 Å². The molecule has 1 fully saturated rings. The third kappa shape index (κ3) is 5.48. The average molecular weight is 330 g/mol. The summed E-state index contributed by atoms with van der Waals surface area (Å²) in [5, 5.41) is 0. The predicted molar refractivity (Wildman–Crippen MR) is 96.7 cm³/mol. The molecule has 1 aliphatic rings. The quantitative estimate of drug-likeness (QED) is 0.767. The summed E-state index contributed by atoms with van der Waals surface area (Å²) in [6, 6.07) is 7.71. The fraction of sp³-hybridized carbons (Fsp3) is 0.526. The van der Waals surface area contributed by atoms with Crippen LogP contribution in [0.2, 0.25) is 0 Å². The number of benzene rings is 1. The van der Waals surface area contributed by atoms with Crippen LogP contribution in [0.1, 0.15) is 40.0 Å². The lowest BCUT2D eigenvalue weighted by Crippen LogP contribution is -2.29. The maximum absolute atomic E-state index is 11.5. The van der Waals surface area contributed by atoms with E-state index in [9.17, 15) is 4.79 Å². The summed E-state index contributed by atoms with van der Waals surface area (Å²) >= 11 is 0. The Bertz CT molecular complexity index is 631. The van der Waals surface area contributed by atoms with Crippen molar-refractivity contribution in [3.05, 3.63) is 24.3 Å². The Morgan fingerprint density at radius 1 is 1.17 bits per heavy atom. The van der Waals surface area contributed by atoms with Crippen molar-refractivity contribution in [3.63, 3.8) is 0 Å². The first-order valence-electron chi connectivity index (χ1n) is 8.30. The van der Waals surface area contributed by atoms with E-state index in [0.29, 0.717) is 6.61 Å². The van der Waals surface area contributed by atoms with Crippen LogP contribution in [0.5, 0.6) is 5.75 Å². The number of methoxy groups -OCH3 is 1. The molecule has 0 saturated heterocycles. The Hall–Kier alpha value is -2.17. The van der Waals surface area contributed by atoms with Crippen molar-refractivity contribution >= 4 is 23.1 Å². The van der Waals surface area contributed by atoms with Gasteiger partial charge in [-0.3, -0.25) is 14.8 Å². The zero-order valence-electron chi connectivity index (χ0n) is 15.0. The van der Waals surface area contributed by atoms with Gasteiger partial charge in [0.15, 0.2) is 0 Å². The molecule has 5 heteroatoms. The van der Waals surface area contributed by atoms with Crippen LogP contribution in [-0.4, -0.2) is 37.7 Å². The van der Waals surface area contributed by atoms with Gasteiger partial charge in [-0.15, -0.1) is 0 Å². The van der Waals surface area contributed by atoms with E-state index < -0.39 is 0 Å². The average Bonchev–Trinajstić information content (AvgIpc) is 2.52. The SMILES string of the molecule is CCOC(=O)CN=C1CC(=Nc2ccc(OC)cc2)CC(C)(C)C1. The summed E-state index contributed by atoms with van der Waals surface area (Å²) in [5.74, 6) is 0.543. The summed E-state index contributed by atoms with van der Waals surface area (Å²) in [7, 11) is 1.65. The first kappa shape index (κ1) is 18.2. The maximum atomic E-state index is 11.5. The van der Waals surface area contributed by atoms with Crippen molar-refractivity contribution in [1.29, 1.82) is 0 Å². The first-order chi connectivity index (χ1) is 11.4. The van der Waals surface area contributed by atoms with E-state index in [2.05, 4.69) is 18.8 Å². The van der Waals surface area contributed by atoms with Crippen LogP contribution in [0.4, 0.5) is 5.69 Å². The van der Waals surface area contributed by atoms with Gasteiger partial charge < -0.3 is 9.47 Å². The molecule has 0 N–H and O–H groups in total. The second-order valence-electron chi connectivity index (χ2n) is 6.76. The minimum absolute atomic E-state index is 0.0923. The molecule has 130 valence electrons. The van der Waals surface area contributed by atoms with Gasteiger partial charge in [-0.25, -0.2) is 0 Å². The number of esters is 1. The van der Waals surface area contributed by atoms with E-state index in [0.717, 1.165) is 42.1 Å². The largest absolute Gasteiger partial charge is 0.497 e. The van der Waals surface area contributed by atoms with Crippen molar-refractivity contribution in [2.75, 3.05) is 20.3 Å². The summed E-state index contributed by atoms with van der Waals surface area (Å²) in [4.78, 5) is 20.7. The first-order valence-corrected chi connectivity index (χ1v) is 8.30. The van der Waals surface area contributed by atoms with Crippen molar-refractivity contribution < 1.29 is 14.3 Å². The number of nitrogens with zero attached hydrogens (tertiary/aromatic N) is 2. The van der Waals surface area contributed by atoms with E-state index in [1.807, 2.05) is 24.3 Å². The molecular weight excluding hydrogens is 304 g/mol. The number of hydrogen-bond donors (Lipinski definition) is 0. The molecule has 0 unspecified atom stereocenters. The highest BCUT2D eigenvalue weighted by Gasteiger charge is 2.29. The van der Waals surface area contributed by atoms with Gasteiger partial charge in [0.1, 0.15) is 12.3 Å². The van der Waals surface area contributed by atoms with Crippen LogP contribution in [0, 0.1) is 5.41 Å². The van der Waals surface area contributed by atoms with Crippen molar-refractivity contribution in [2.24, 2.45) is 15.4 Å². The van der Waals surface area contributed by atoms with Gasteiger partial charge in [-0.05, 0) is 49.4 Å². The van der Waals surface area contributed by atoms with E-state index in [1.165, 1.54) is 0 Å². The minimum Gasteiger partial charge on any atom is -0.497 e. The second-order valence-corrected chi connectivity index (χ2v) is 6.76. The zero-order valence-corrected chi connectivity index (χ0v) is 15.0. The van der Waals surface area contributed by atoms with Crippen LogP contribution in [-0.2, 0) is 9.53 Å². The second kappa shape index (κ2) is 8.08. The van der Waals surface area contributed by atoms with Crippen LogP contribution >= 0.6 is 0 Å². The molecule has 0 bridgehead atoms. The molecule has 1 aromatic rings. The molecule has 0 spiro atoms. The fourth-order valence-electron chi connectivity index (χ4n) is 2.94. The lowest BCUT2D eigenvalue weighted by molar-refractivity contribution is -0.141. The molecule has 0 radical (unpaired) electrons. The highest BCUT2D eigenvalue weighted by Crippen LogP contribution is 2.33. The van der Waals surface area contributed by atoms with E-state index in [4.69, 9.17) is 14.5 Å². The van der Waals surface area contributed by atoms with Crippen molar-refractivity contribution in [2.45, 2.75) is 40.0 Å². The lowest BCUT2D eigenvalue weighted by Gasteiger charge is -2.31. The van der Waals surface area contributed by atoms with E-state index >= 15 is 0 Å². The summed E-state index contributed by atoms with van der Waals surface area (Å²) in [6.07, 6.45) is 2.53. The number of carbonyl (C=O) groups is 1. The molecule has 0 aliphatic heterocycles. The highest BCUT2D eigenvalue weighted by atomic mass is 16.5. The monoisotopic (exact) mass is 330 g/mol. The van der Waals surface area contributed by atoms with Gasteiger partial charge in [0.25, 0.3) is 0 Å². The van der Waals surface area contributed by atoms with Crippen LogP contribution in [0.25, 0.3) is 0 Å². The molecule has 0 atom stereocenters. The normalized spacial score (nSPS) is 20.2.